The Morgan fingerprint density at radius 1 is 1.11 bits per heavy atom. The van der Waals surface area contributed by atoms with Gasteiger partial charge in [-0.25, -0.2) is 0 Å². The maximum absolute atomic E-state index is 13.7. The van der Waals surface area contributed by atoms with Crippen LogP contribution >= 0.6 is 0 Å². The first-order chi connectivity index (χ1) is 17.5. The molecule has 2 aromatic carbocycles. The summed E-state index contributed by atoms with van der Waals surface area (Å²) < 4.78 is 16.4. The smallest absolute Gasteiger partial charge is 0.318 e. The Hall–Kier alpha value is -3.81. The van der Waals surface area contributed by atoms with E-state index in [9.17, 15) is 14.4 Å². The van der Waals surface area contributed by atoms with Crippen LogP contribution in [0.15, 0.2) is 60.3 Å². The minimum Gasteiger partial charge on any atom is -0.465 e. The number of nitrogens with zero attached hydrogens (tertiary/aromatic N) is 1. The molecule has 2 aliphatic heterocycles. The number of benzene rings is 2. The minimum atomic E-state index is -0.926. The van der Waals surface area contributed by atoms with Crippen LogP contribution in [-0.2, 0) is 32.2 Å². The highest BCUT2D eigenvalue weighted by Crippen LogP contribution is 2.51. The Morgan fingerprint density at radius 3 is 2.72 bits per heavy atom. The molecule has 0 unspecified atom stereocenters. The van der Waals surface area contributed by atoms with Crippen molar-refractivity contribution in [1.82, 2.24) is 10.2 Å². The predicted molar refractivity (Wildman–Crippen MR) is 131 cm³/mol. The molecular formula is C28H30N2O6. The van der Waals surface area contributed by atoms with E-state index in [1.807, 2.05) is 54.6 Å². The van der Waals surface area contributed by atoms with Gasteiger partial charge in [-0.2, -0.15) is 0 Å². The molecule has 1 aliphatic carbocycles. The van der Waals surface area contributed by atoms with Crippen LogP contribution in [0.5, 0.6) is 11.5 Å². The number of ether oxygens (including phenoxy) is 3. The number of hydrogen-bond donors (Lipinski definition) is 1. The second-order valence-electron chi connectivity index (χ2n) is 9.41. The van der Waals surface area contributed by atoms with Crippen LogP contribution in [0.2, 0.25) is 0 Å². The molecule has 5 rings (SSSR count). The van der Waals surface area contributed by atoms with Crippen LogP contribution in [0.4, 0.5) is 0 Å². The summed E-state index contributed by atoms with van der Waals surface area (Å²) in [5.74, 6) is -0.0372. The standard InChI is InChI=1S/C28H30N2O6/c1-2-34-27(33)28-12-6-9-24(28)30(17-20-10-11-22-23(13-20)36-18-35-22)26(32)21(15-28)14-25(31)29-16-19-7-4-3-5-8-19/h3-5,7-11,13,21H,2,6,12,14-18H2,1H3,(H,29,31)/t21-,28+/m1/s1. The quantitative estimate of drug-likeness (QED) is 0.567. The van der Waals surface area contributed by atoms with E-state index >= 15 is 0 Å². The van der Waals surface area contributed by atoms with Crippen molar-refractivity contribution in [3.63, 3.8) is 0 Å². The maximum Gasteiger partial charge on any atom is 0.318 e. The number of carbonyl (C=O) groups excluding carboxylic acids is 3. The van der Waals surface area contributed by atoms with E-state index in [4.69, 9.17) is 14.2 Å². The van der Waals surface area contributed by atoms with Gasteiger partial charge in [-0.1, -0.05) is 42.5 Å². The van der Waals surface area contributed by atoms with Gasteiger partial charge in [-0.15, -0.1) is 0 Å². The maximum atomic E-state index is 13.7. The summed E-state index contributed by atoms with van der Waals surface area (Å²) in [6, 6.07) is 15.2. The number of likely N-dealkylation sites (tertiary alicyclic amines) is 1. The minimum absolute atomic E-state index is 0.0116. The predicted octanol–water partition coefficient (Wildman–Crippen LogP) is 3.70. The molecule has 8 nitrogen and oxygen atoms in total. The van der Waals surface area contributed by atoms with Gasteiger partial charge in [0.1, 0.15) is 5.41 Å². The summed E-state index contributed by atoms with van der Waals surface area (Å²) >= 11 is 0. The molecule has 36 heavy (non-hydrogen) atoms. The second-order valence-corrected chi connectivity index (χ2v) is 9.41. The summed E-state index contributed by atoms with van der Waals surface area (Å²) in [6.45, 7) is 2.85. The normalized spacial score (nSPS) is 22.1. The van der Waals surface area contributed by atoms with Gasteiger partial charge < -0.3 is 24.4 Å². The number of rotatable bonds is 8. The molecule has 2 amide bonds. The first-order valence-electron chi connectivity index (χ1n) is 12.4. The molecule has 1 N–H and O–H groups in total. The van der Waals surface area contributed by atoms with Gasteiger partial charge in [0.05, 0.1) is 13.2 Å². The van der Waals surface area contributed by atoms with Crippen molar-refractivity contribution >= 4 is 17.8 Å². The van der Waals surface area contributed by atoms with Gasteiger partial charge >= 0.3 is 5.97 Å². The molecule has 1 saturated heterocycles. The van der Waals surface area contributed by atoms with Gasteiger partial charge in [0, 0.05) is 24.6 Å². The van der Waals surface area contributed by atoms with E-state index in [1.165, 1.54) is 0 Å². The van der Waals surface area contributed by atoms with Gasteiger partial charge in [0.15, 0.2) is 11.5 Å². The SMILES string of the molecule is CCOC(=O)[C@]12CCC=C1N(Cc1ccc3c(c1)OCO3)C(=O)[C@H](CC(=O)NCc1ccccc1)C2. The molecule has 1 fully saturated rings. The summed E-state index contributed by atoms with van der Waals surface area (Å²) in [4.78, 5) is 41.5. The number of nitrogens with one attached hydrogen (secondary N) is 1. The molecule has 0 radical (unpaired) electrons. The molecule has 0 saturated carbocycles. The molecule has 2 heterocycles. The van der Waals surface area contributed by atoms with Crippen molar-refractivity contribution < 1.29 is 28.6 Å². The third kappa shape index (κ3) is 4.55. The van der Waals surface area contributed by atoms with Gasteiger partial charge in [0.25, 0.3) is 0 Å². The first-order valence-corrected chi connectivity index (χ1v) is 12.4. The van der Waals surface area contributed by atoms with Gasteiger partial charge in [-0.05, 0) is 49.4 Å². The molecule has 0 bridgehead atoms. The highest BCUT2D eigenvalue weighted by atomic mass is 16.7. The highest BCUT2D eigenvalue weighted by molar-refractivity contribution is 5.92. The van der Waals surface area contributed by atoms with Crippen molar-refractivity contribution in [3.8, 4) is 11.5 Å². The van der Waals surface area contributed by atoms with Crippen molar-refractivity contribution in [2.24, 2.45) is 11.3 Å². The zero-order valence-electron chi connectivity index (χ0n) is 20.3. The fourth-order valence-corrected chi connectivity index (χ4v) is 5.40. The molecule has 3 aliphatic rings. The van der Waals surface area contributed by atoms with Crippen LogP contribution in [0.1, 0.15) is 43.7 Å². The van der Waals surface area contributed by atoms with Crippen molar-refractivity contribution in [3.05, 3.63) is 71.4 Å². The lowest BCUT2D eigenvalue weighted by atomic mass is 9.71. The lowest BCUT2D eigenvalue weighted by molar-refractivity contribution is -0.161. The lowest BCUT2D eigenvalue weighted by Gasteiger charge is -2.44. The van der Waals surface area contributed by atoms with E-state index in [1.54, 1.807) is 11.8 Å². The van der Waals surface area contributed by atoms with Gasteiger partial charge in [-0.3, -0.25) is 14.4 Å². The van der Waals surface area contributed by atoms with Crippen LogP contribution in [-0.4, -0.2) is 36.1 Å². The molecular weight excluding hydrogens is 460 g/mol. The van der Waals surface area contributed by atoms with Crippen molar-refractivity contribution in [2.45, 2.75) is 45.7 Å². The Kier molecular flexibility index (Phi) is 6.67. The Balaban J connectivity index is 1.38. The summed E-state index contributed by atoms with van der Waals surface area (Å²) in [5, 5.41) is 2.92. The zero-order chi connectivity index (χ0) is 25.1. The summed E-state index contributed by atoms with van der Waals surface area (Å²) in [6.07, 6.45) is 3.48. The average Bonchev–Trinajstić information content (AvgIpc) is 3.53. The average molecular weight is 491 g/mol. The fraction of sp³-hybridized carbons (Fsp3) is 0.393. The van der Waals surface area contributed by atoms with Crippen molar-refractivity contribution in [1.29, 1.82) is 0 Å². The Labute approximate surface area is 210 Å². The number of fused-ring (bicyclic) bond motifs is 2. The Morgan fingerprint density at radius 2 is 1.92 bits per heavy atom. The van der Waals surface area contributed by atoms with Crippen LogP contribution < -0.4 is 14.8 Å². The summed E-state index contributed by atoms with van der Waals surface area (Å²) in [7, 11) is 0. The van der Waals surface area contributed by atoms with Crippen LogP contribution in [0.25, 0.3) is 0 Å². The summed E-state index contributed by atoms with van der Waals surface area (Å²) in [5.41, 5.74) is 1.59. The van der Waals surface area contributed by atoms with E-state index in [2.05, 4.69) is 5.32 Å². The van der Waals surface area contributed by atoms with Crippen LogP contribution in [0, 0.1) is 11.3 Å². The number of esters is 1. The number of allylic oxidation sites excluding steroid dienone is 1. The van der Waals surface area contributed by atoms with Gasteiger partial charge in [0.2, 0.25) is 18.6 Å². The molecule has 8 heteroatoms. The molecule has 0 aromatic heterocycles. The molecule has 188 valence electrons. The van der Waals surface area contributed by atoms with E-state index in [0.717, 1.165) is 11.1 Å². The number of carbonyl (C=O) groups is 3. The lowest BCUT2D eigenvalue weighted by Crippen LogP contribution is -2.52. The van der Waals surface area contributed by atoms with E-state index < -0.39 is 11.3 Å². The molecule has 2 aromatic rings. The van der Waals surface area contributed by atoms with Crippen molar-refractivity contribution in [2.75, 3.05) is 13.4 Å². The zero-order valence-corrected chi connectivity index (χ0v) is 20.3. The Bertz CT molecular complexity index is 1190. The van der Waals surface area contributed by atoms with E-state index in [0.29, 0.717) is 36.6 Å². The third-order valence-electron chi connectivity index (χ3n) is 7.11. The monoisotopic (exact) mass is 490 g/mol. The number of piperidine rings is 1. The first kappa shape index (κ1) is 23.9. The third-order valence-corrected chi connectivity index (χ3v) is 7.11. The van der Waals surface area contributed by atoms with Crippen LogP contribution in [0.3, 0.4) is 0 Å². The topological polar surface area (TPSA) is 94.2 Å². The number of amides is 2. The number of hydrogen-bond acceptors (Lipinski definition) is 6. The second kappa shape index (κ2) is 10.0. The molecule has 0 spiro atoms. The largest absolute Gasteiger partial charge is 0.465 e. The fourth-order valence-electron chi connectivity index (χ4n) is 5.40. The molecule has 2 atom stereocenters. The van der Waals surface area contributed by atoms with E-state index in [-0.39, 0.29) is 50.6 Å². The highest BCUT2D eigenvalue weighted by Gasteiger charge is 2.55.